The Morgan fingerprint density at radius 1 is 1.21 bits per heavy atom. The van der Waals surface area contributed by atoms with Crippen LogP contribution in [-0.4, -0.2) is 43.4 Å². The molecule has 1 aliphatic rings. The van der Waals surface area contributed by atoms with Gasteiger partial charge in [0.1, 0.15) is 0 Å². The van der Waals surface area contributed by atoms with Crippen LogP contribution in [0, 0.1) is 0 Å². The van der Waals surface area contributed by atoms with Crippen molar-refractivity contribution in [1.29, 1.82) is 0 Å². The van der Waals surface area contributed by atoms with Crippen molar-refractivity contribution < 1.29 is 4.79 Å². The SMILES string of the molecule is CN(C)CCCCCSc1cccc2c1C=NC2=O. The molecule has 0 N–H and O–H groups in total. The van der Waals surface area contributed by atoms with E-state index >= 15 is 0 Å². The third-order valence-electron chi connectivity index (χ3n) is 3.11. The normalized spacial score (nSPS) is 13.3. The predicted molar refractivity (Wildman–Crippen MR) is 81.5 cm³/mol. The summed E-state index contributed by atoms with van der Waals surface area (Å²) >= 11 is 1.83. The van der Waals surface area contributed by atoms with Crippen LogP contribution in [0.4, 0.5) is 0 Å². The maximum atomic E-state index is 11.5. The highest BCUT2D eigenvalue weighted by Crippen LogP contribution is 2.28. The summed E-state index contributed by atoms with van der Waals surface area (Å²) < 4.78 is 0. The summed E-state index contributed by atoms with van der Waals surface area (Å²) in [6.45, 7) is 1.16. The molecule has 0 aromatic heterocycles. The molecule has 0 saturated carbocycles. The van der Waals surface area contributed by atoms with Crippen LogP contribution in [0.2, 0.25) is 0 Å². The van der Waals surface area contributed by atoms with Crippen LogP contribution in [0.1, 0.15) is 35.2 Å². The van der Waals surface area contributed by atoms with Crippen LogP contribution in [0.25, 0.3) is 0 Å². The van der Waals surface area contributed by atoms with Crippen molar-refractivity contribution in [3.05, 3.63) is 29.3 Å². The number of thioether (sulfide) groups is 1. The first-order valence-corrected chi connectivity index (χ1v) is 7.66. The Morgan fingerprint density at radius 2 is 2.05 bits per heavy atom. The van der Waals surface area contributed by atoms with E-state index in [9.17, 15) is 4.79 Å². The van der Waals surface area contributed by atoms with Gasteiger partial charge in [-0.2, -0.15) is 0 Å². The fourth-order valence-electron chi connectivity index (χ4n) is 2.07. The lowest BCUT2D eigenvalue weighted by atomic mass is 10.1. The van der Waals surface area contributed by atoms with Gasteiger partial charge in [0, 0.05) is 16.7 Å². The highest BCUT2D eigenvalue weighted by atomic mass is 32.2. The standard InChI is InChI=1S/C15H20N2OS/c1-17(2)9-4-3-5-10-19-14-8-6-7-12-13(14)11-16-15(12)18/h6-8,11H,3-5,9-10H2,1-2H3. The number of amides is 1. The van der Waals surface area contributed by atoms with Crippen molar-refractivity contribution in [2.75, 3.05) is 26.4 Å². The molecule has 0 bridgehead atoms. The Balaban J connectivity index is 1.78. The minimum atomic E-state index is -0.108. The van der Waals surface area contributed by atoms with Gasteiger partial charge in [0.15, 0.2) is 0 Å². The molecule has 4 heteroatoms. The molecule has 0 saturated heterocycles. The molecule has 1 aromatic rings. The number of unbranched alkanes of at least 4 members (excludes halogenated alkanes) is 2. The van der Waals surface area contributed by atoms with Gasteiger partial charge in [-0.05, 0) is 51.4 Å². The van der Waals surface area contributed by atoms with Gasteiger partial charge >= 0.3 is 0 Å². The van der Waals surface area contributed by atoms with Crippen molar-refractivity contribution >= 4 is 23.9 Å². The van der Waals surface area contributed by atoms with Crippen LogP contribution in [-0.2, 0) is 0 Å². The van der Waals surface area contributed by atoms with Crippen LogP contribution in [0.15, 0.2) is 28.1 Å². The Hall–Kier alpha value is -1.13. The summed E-state index contributed by atoms with van der Waals surface area (Å²) in [4.78, 5) is 18.7. The molecule has 0 atom stereocenters. The number of fused-ring (bicyclic) bond motifs is 1. The fraction of sp³-hybridized carbons (Fsp3) is 0.467. The van der Waals surface area contributed by atoms with Crippen molar-refractivity contribution in [3.63, 3.8) is 0 Å². The van der Waals surface area contributed by atoms with Crippen LogP contribution < -0.4 is 0 Å². The minimum absolute atomic E-state index is 0.108. The molecule has 102 valence electrons. The monoisotopic (exact) mass is 276 g/mol. The van der Waals surface area contributed by atoms with Gasteiger partial charge in [-0.1, -0.05) is 12.5 Å². The maximum absolute atomic E-state index is 11.5. The Bertz CT molecular complexity index is 483. The van der Waals surface area contributed by atoms with Crippen molar-refractivity contribution in [3.8, 4) is 0 Å². The second-order valence-electron chi connectivity index (χ2n) is 4.99. The molecule has 2 rings (SSSR count). The van der Waals surface area contributed by atoms with Crippen LogP contribution in [0.3, 0.4) is 0 Å². The van der Waals surface area contributed by atoms with Gasteiger partial charge < -0.3 is 4.90 Å². The fourth-order valence-corrected chi connectivity index (χ4v) is 3.13. The number of aliphatic imine (C=N–C) groups is 1. The van der Waals surface area contributed by atoms with Gasteiger partial charge in [-0.25, -0.2) is 4.99 Å². The zero-order chi connectivity index (χ0) is 13.7. The van der Waals surface area contributed by atoms with E-state index in [-0.39, 0.29) is 5.91 Å². The summed E-state index contributed by atoms with van der Waals surface area (Å²) in [5.41, 5.74) is 1.75. The Kier molecular flexibility index (Phi) is 5.16. The van der Waals surface area contributed by atoms with E-state index < -0.39 is 0 Å². The molecule has 1 aromatic carbocycles. The Labute approximate surface area is 119 Å². The minimum Gasteiger partial charge on any atom is -0.309 e. The van der Waals surface area contributed by atoms with E-state index in [1.54, 1.807) is 6.21 Å². The predicted octanol–water partition coefficient (Wildman–Crippen LogP) is 3.08. The first kappa shape index (κ1) is 14.3. The smallest absolute Gasteiger partial charge is 0.277 e. The van der Waals surface area contributed by atoms with Crippen molar-refractivity contribution in [2.45, 2.75) is 24.2 Å². The number of carbonyl (C=O) groups is 1. The van der Waals surface area contributed by atoms with E-state index in [1.165, 1.54) is 24.2 Å². The summed E-state index contributed by atoms with van der Waals surface area (Å²) in [6.07, 6.45) is 5.42. The van der Waals surface area contributed by atoms with Gasteiger partial charge in [0.25, 0.3) is 5.91 Å². The number of benzene rings is 1. The zero-order valence-corrected chi connectivity index (χ0v) is 12.4. The summed E-state index contributed by atoms with van der Waals surface area (Å²) in [5.74, 6) is 0.995. The van der Waals surface area contributed by atoms with Gasteiger partial charge in [0.2, 0.25) is 0 Å². The average molecular weight is 276 g/mol. The number of rotatable bonds is 7. The lowest BCUT2D eigenvalue weighted by molar-refractivity contribution is 0.101. The molecule has 0 spiro atoms. The van der Waals surface area contributed by atoms with Crippen LogP contribution in [0.5, 0.6) is 0 Å². The molecular formula is C15H20N2OS. The van der Waals surface area contributed by atoms with E-state index in [4.69, 9.17) is 0 Å². The lowest BCUT2D eigenvalue weighted by Crippen LogP contribution is -2.12. The third-order valence-corrected chi connectivity index (χ3v) is 4.27. The van der Waals surface area contributed by atoms with Crippen molar-refractivity contribution in [2.24, 2.45) is 4.99 Å². The largest absolute Gasteiger partial charge is 0.309 e. The van der Waals surface area contributed by atoms with E-state index in [0.29, 0.717) is 0 Å². The zero-order valence-electron chi connectivity index (χ0n) is 11.6. The van der Waals surface area contributed by atoms with Gasteiger partial charge in [-0.3, -0.25) is 4.79 Å². The second-order valence-corrected chi connectivity index (χ2v) is 6.13. The maximum Gasteiger partial charge on any atom is 0.277 e. The number of hydrogen-bond donors (Lipinski definition) is 0. The number of carbonyl (C=O) groups excluding carboxylic acids is 1. The molecule has 0 aliphatic carbocycles. The highest BCUT2D eigenvalue weighted by molar-refractivity contribution is 7.99. The summed E-state index contributed by atoms with van der Waals surface area (Å²) in [5, 5.41) is 0. The first-order valence-electron chi connectivity index (χ1n) is 6.67. The van der Waals surface area contributed by atoms with E-state index in [2.05, 4.69) is 30.1 Å². The van der Waals surface area contributed by atoms with Crippen LogP contribution >= 0.6 is 11.8 Å². The molecule has 0 fully saturated rings. The van der Waals surface area contributed by atoms with E-state index in [1.807, 2.05) is 23.9 Å². The third kappa shape index (κ3) is 3.91. The molecule has 19 heavy (non-hydrogen) atoms. The van der Waals surface area contributed by atoms with E-state index in [0.717, 1.165) is 23.4 Å². The van der Waals surface area contributed by atoms with Gasteiger partial charge in [-0.15, -0.1) is 11.8 Å². The second kappa shape index (κ2) is 6.87. The molecule has 1 aliphatic heterocycles. The quantitative estimate of drug-likeness (QED) is 0.567. The Morgan fingerprint density at radius 3 is 2.84 bits per heavy atom. The summed E-state index contributed by atoms with van der Waals surface area (Å²) in [6, 6.07) is 5.87. The van der Waals surface area contributed by atoms with Gasteiger partial charge in [0.05, 0.1) is 5.56 Å². The number of hydrogen-bond acceptors (Lipinski definition) is 3. The topological polar surface area (TPSA) is 32.7 Å². The molecule has 3 nitrogen and oxygen atoms in total. The molecule has 1 heterocycles. The van der Waals surface area contributed by atoms with Crippen molar-refractivity contribution in [1.82, 2.24) is 4.90 Å². The number of nitrogens with zero attached hydrogens (tertiary/aromatic N) is 2. The highest BCUT2D eigenvalue weighted by Gasteiger charge is 2.17. The molecule has 0 radical (unpaired) electrons. The molecular weight excluding hydrogens is 256 g/mol. The lowest BCUT2D eigenvalue weighted by Gasteiger charge is -2.09. The summed E-state index contributed by atoms with van der Waals surface area (Å²) in [7, 11) is 4.22. The first-order chi connectivity index (χ1) is 9.18. The molecule has 0 unspecified atom stereocenters. The molecule has 1 amide bonds. The average Bonchev–Trinajstić information content (AvgIpc) is 2.76.